The first-order valence-electron chi connectivity index (χ1n) is 6.97. The molecular weight excluding hydrogens is 369 g/mol. The number of hydrogen-bond donors (Lipinski definition) is 2. The highest BCUT2D eigenvalue weighted by atomic mass is 127. The lowest BCUT2D eigenvalue weighted by Crippen LogP contribution is -2.46. The van der Waals surface area contributed by atoms with E-state index >= 15 is 0 Å². The van der Waals surface area contributed by atoms with Gasteiger partial charge in [-0.05, 0) is 33.4 Å². The van der Waals surface area contributed by atoms with Crippen LogP contribution in [0.4, 0.5) is 0 Å². The normalized spacial score (nSPS) is 13.7. The van der Waals surface area contributed by atoms with Crippen LogP contribution in [0, 0.1) is 0 Å². The molecule has 0 amide bonds. The third-order valence-electron chi connectivity index (χ3n) is 3.08. The summed E-state index contributed by atoms with van der Waals surface area (Å²) >= 11 is 1.87. The third-order valence-corrected chi connectivity index (χ3v) is 4.33. The van der Waals surface area contributed by atoms with Gasteiger partial charge in [0.15, 0.2) is 5.96 Å². The Morgan fingerprint density at radius 1 is 1.32 bits per heavy atom. The number of nitrogens with zero attached hydrogens (tertiary/aromatic N) is 1. The van der Waals surface area contributed by atoms with Gasteiger partial charge < -0.3 is 10.6 Å². The van der Waals surface area contributed by atoms with Crippen LogP contribution in [0.1, 0.15) is 53.4 Å². The SMILES string of the molecule is CCCCCC(C)NC(=NC)NCC(C)(C)SC.I. The standard InChI is InChI=1S/C14H31N3S.HI/c1-7-8-9-10-12(2)17-13(15-5)16-11-14(3,4)18-6;/h12H,7-11H2,1-6H3,(H2,15,16,17);1H. The number of thioether (sulfide) groups is 1. The first kappa shape index (κ1) is 21.6. The molecule has 0 rings (SSSR count). The van der Waals surface area contributed by atoms with Crippen molar-refractivity contribution in [3.63, 3.8) is 0 Å². The Bertz CT molecular complexity index is 245. The van der Waals surface area contributed by atoms with Gasteiger partial charge in [-0.2, -0.15) is 11.8 Å². The molecule has 0 aliphatic carbocycles. The maximum absolute atomic E-state index is 4.28. The van der Waals surface area contributed by atoms with Gasteiger partial charge in [0.05, 0.1) is 0 Å². The summed E-state index contributed by atoms with van der Waals surface area (Å²) in [5.74, 6) is 0.918. The molecule has 0 aromatic rings. The molecule has 1 atom stereocenters. The maximum Gasteiger partial charge on any atom is 0.191 e. The summed E-state index contributed by atoms with van der Waals surface area (Å²) in [6.07, 6.45) is 7.24. The van der Waals surface area contributed by atoms with Crippen molar-refractivity contribution in [2.24, 2.45) is 4.99 Å². The molecule has 3 nitrogen and oxygen atoms in total. The molecule has 19 heavy (non-hydrogen) atoms. The minimum atomic E-state index is 0. The average molecular weight is 401 g/mol. The molecule has 0 aromatic carbocycles. The largest absolute Gasteiger partial charge is 0.355 e. The van der Waals surface area contributed by atoms with Crippen molar-refractivity contribution >= 4 is 41.7 Å². The number of halogens is 1. The minimum Gasteiger partial charge on any atom is -0.355 e. The Hall–Kier alpha value is 0.350. The van der Waals surface area contributed by atoms with E-state index in [2.05, 4.69) is 49.6 Å². The smallest absolute Gasteiger partial charge is 0.191 e. The average Bonchev–Trinajstić information content (AvgIpc) is 2.34. The molecule has 0 aromatic heterocycles. The molecule has 0 fully saturated rings. The van der Waals surface area contributed by atoms with Gasteiger partial charge in [-0.3, -0.25) is 4.99 Å². The molecule has 116 valence electrons. The van der Waals surface area contributed by atoms with Crippen LogP contribution < -0.4 is 10.6 Å². The van der Waals surface area contributed by atoms with Crippen LogP contribution in [-0.2, 0) is 0 Å². The topological polar surface area (TPSA) is 36.4 Å². The van der Waals surface area contributed by atoms with Gasteiger partial charge >= 0.3 is 0 Å². The van der Waals surface area contributed by atoms with Gasteiger partial charge in [0.25, 0.3) is 0 Å². The molecule has 0 spiro atoms. The summed E-state index contributed by atoms with van der Waals surface area (Å²) in [4.78, 5) is 4.28. The van der Waals surface area contributed by atoms with Gasteiger partial charge in [-0.25, -0.2) is 0 Å². The fourth-order valence-electron chi connectivity index (χ4n) is 1.57. The van der Waals surface area contributed by atoms with Gasteiger partial charge in [0.2, 0.25) is 0 Å². The summed E-state index contributed by atoms with van der Waals surface area (Å²) in [7, 11) is 1.83. The number of hydrogen-bond acceptors (Lipinski definition) is 2. The zero-order chi connectivity index (χ0) is 14.0. The molecule has 5 heteroatoms. The predicted octanol–water partition coefficient (Wildman–Crippen LogP) is 3.88. The zero-order valence-electron chi connectivity index (χ0n) is 13.4. The van der Waals surface area contributed by atoms with E-state index in [0.717, 1.165) is 12.5 Å². The van der Waals surface area contributed by atoms with Crippen molar-refractivity contribution in [1.82, 2.24) is 10.6 Å². The molecule has 1 unspecified atom stereocenters. The van der Waals surface area contributed by atoms with E-state index in [1.54, 1.807) is 0 Å². The lowest BCUT2D eigenvalue weighted by atomic mass is 10.1. The summed E-state index contributed by atoms with van der Waals surface area (Å²) < 4.78 is 0.239. The minimum absolute atomic E-state index is 0. The fourth-order valence-corrected chi connectivity index (χ4v) is 1.79. The van der Waals surface area contributed by atoms with E-state index < -0.39 is 0 Å². The fraction of sp³-hybridized carbons (Fsp3) is 0.929. The Labute approximate surface area is 141 Å². The van der Waals surface area contributed by atoms with E-state index in [1.807, 2.05) is 18.8 Å². The third kappa shape index (κ3) is 11.8. The Morgan fingerprint density at radius 3 is 2.42 bits per heavy atom. The van der Waals surface area contributed by atoms with Crippen molar-refractivity contribution < 1.29 is 0 Å². The summed E-state index contributed by atoms with van der Waals surface area (Å²) in [5, 5.41) is 6.85. The Kier molecular flexibility index (Phi) is 13.8. The van der Waals surface area contributed by atoms with Crippen LogP contribution >= 0.6 is 35.7 Å². The Morgan fingerprint density at radius 2 is 1.95 bits per heavy atom. The first-order chi connectivity index (χ1) is 8.45. The van der Waals surface area contributed by atoms with E-state index in [1.165, 1.54) is 25.7 Å². The molecule has 0 bridgehead atoms. The molecule has 0 aliphatic rings. The van der Waals surface area contributed by atoms with Crippen LogP contribution in [0.15, 0.2) is 4.99 Å². The van der Waals surface area contributed by atoms with Crippen LogP contribution in [0.25, 0.3) is 0 Å². The maximum atomic E-state index is 4.28. The molecule has 0 heterocycles. The van der Waals surface area contributed by atoms with Crippen LogP contribution in [0.2, 0.25) is 0 Å². The lowest BCUT2D eigenvalue weighted by molar-refractivity contribution is 0.543. The first-order valence-corrected chi connectivity index (χ1v) is 8.20. The van der Waals surface area contributed by atoms with Crippen LogP contribution in [-0.4, -0.2) is 36.6 Å². The molecular formula is C14H32IN3S. The summed E-state index contributed by atoms with van der Waals surface area (Å²) in [5.41, 5.74) is 0. The highest BCUT2D eigenvalue weighted by Crippen LogP contribution is 2.19. The van der Waals surface area contributed by atoms with Crippen molar-refractivity contribution in [3.05, 3.63) is 0 Å². The number of aliphatic imine (C=N–C) groups is 1. The molecule has 0 aliphatic heterocycles. The molecule has 2 N–H and O–H groups in total. The second-order valence-electron chi connectivity index (χ2n) is 5.43. The van der Waals surface area contributed by atoms with Crippen molar-refractivity contribution in [1.29, 1.82) is 0 Å². The quantitative estimate of drug-likeness (QED) is 0.281. The van der Waals surface area contributed by atoms with Gasteiger partial charge in [0, 0.05) is 24.4 Å². The second kappa shape index (κ2) is 12.1. The monoisotopic (exact) mass is 401 g/mol. The molecule has 0 saturated heterocycles. The molecule has 0 radical (unpaired) electrons. The van der Waals surface area contributed by atoms with Crippen LogP contribution in [0.3, 0.4) is 0 Å². The number of rotatable bonds is 8. The second-order valence-corrected chi connectivity index (χ2v) is 6.94. The van der Waals surface area contributed by atoms with E-state index in [0.29, 0.717) is 6.04 Å². The van der Waals surface area contributed by atoms with E-state index in [9.17, 15) is 0 Å². The van der Waals surface area contributed by atoms with Crippen molar-refractivity contribution in [3.8, 4) is 0 Å². The predicted molar refractivity (Wildman–Crippen MR) is 101 cm³/mol. The van der Waals surface area contributed by atoms with E-state index in [4.69, 9.17) is 0 Å². The summed E-state index contributed by atoms with van der Waals surface area (Å²) in [6.45, 7) is 9.87. The zero-order valence-corrected chi connectivity index (χ0v) is 16.5. The number of unbranched alkanes of at least 4 members (excludes halogenated alkanes) is 2. The highest BCUT2D eigenvalue weighted by molar-refractivity contribution is 14.0. The number of guanidine groups is 1. The number of nitrogens with one attached hydrogen (secondary N) is 2. The van der Waals surface area contributed by atoms with Crippen LogP contribution in [0.5, 0.6) is 0 Å². The summed E-state index contributed by atoms with van der Waals surface area (Å²) in [6, 6.07) is 0.486. The lowest BCUT2D eigenvalue weighted by Gasteiger charge is -2.25. The van der Waals surface area contributed by atoms with Crippen molar-refractivity contribution in [2.45, 2.75) is 64.2 Å². The van der Waals surface area contributed by atoms with Crippen molar-refractivity contribution in [2.75, 3.05) is 19.8 Å². The molecule has 0 saturated carbocycles. The van der Waals surface area contributed by atoms with Gasteiger partial charge in [-0.15, -0.1) is 24.0 Å². The highest BCUT2D eigenvalue weighted by Gasteiger charge is 2.16. The van der Waals surface area contributed by atoms with Gasteiger partial charge in [0.1, 0.15) is 0 Å². The Balaban J connectivity index is 0. The van der Waals surface area contributed by atoms with Gasteiger partial charge in [-0.1, -0.05) is 26.2 Å². The van der Waals surface area contributed by atoms with E-state index in [-0.39, 0.29) is 28.7 Å².